The van der Waals surface area contributed by atoms with E-state index < -0.39 is 5.97 Å². The molecule has 5 nitrogen and oxygen atoms in total. The number of anilines is 1. The molecule has 1 atom stereocenters. The van der Waals surface area contributed by atoms with Crippen molar-refractivity contribution < 1.29 is 14.3 Å². The van der Waals surface area contributed by atoms with Crippen molar-refractivity contribution in [3.8, 4) is 11.3 Å². The highest BCUT2D eigenvalue weighted by Gasteiger charge is 2.31. The topological polar surface area (TPSA) is 59.5 Å². The van der Waals surface area contributed by atoms with Crippen molar-refractivity contribution in [1.29, 1.82) is 0 Å². The lowest BCUT2D eigenvalue weighted by atomic mass is 9.98. The molecule has 170 valence electrons. The molecule has 5 rings (SSSR count). The third kappa shape index (κ3) is 3.93. The van der Waals surface area contributed by atoms with Crippen LogP contribution in [-0.4, -0.2) is 29.5 Å². The van der Waals surface area contributed by atoms with Gasteiger partial charge in [0, 0.05) is 27.7 Å². The molecule has 3 aromatic carbocycles. The molecule has 0 spiro atoms. The van der Waals surface area contributed by atoms with Gasteiger partial charge in [-0.25, -0.2) is 9.78 Å². The zero-order valence-corrected chi connectivity index (χ0v) is 19.7. The average molecular weight is 471 g/mol. The molecule has 0 unspecified atom stereocenters. The quantitative estimate of drug-likeness (QED) is 0.343. The van der Waals surface area contributed by atoms with Crippen molar-refractivity contribution in [2.45, 2.75) is 26.3 Å². The van der Waals surface area contributed by atoms with Crippen molar-refractivity contribution in [2.24, 2.45) is 0 Å². The van der Waals surface area contributed by atoms with Crippen LogP contribution in [0.15, 0.2) is 72.8 Å². The van der Waals surface area contributed by atoms with Gasteiger partial charge in [0.25, 0.3) is 5.91 Å². The van der Waals surface area contributed by atoms with E-state index in [9.17, 15) is 9.59 Å². The standard InChI is InChI=1S/C28H23ClN2O3/c1-17-14-19-8-3-6-13-24(19)31(17)25(32)16-34-28(33)26-18(2)27(20-9-7-10-21(29)15-20)30-23-12-5-4-11-22(23)26/h3-13,15,17H,14,16H2,1-2H3/t17-/m1/s1. The second-order valence-electron chi connectivity index (χ2n) is 8.51. The summed E-state index contributed by atoms with van der Waals surface area (Å²) >= 11 is 6.20. The molecule has 0 aliphatic carbocycles. The van der Waals surface area contributed by atoms with Gasteiger partial charge in [0.2, 0.25) is 0 Å². The fraction of sp³-hybridized carbons (Fsp3) is 0.179. The number of nitrogens with zero attached hydrogens (tertiary/aromatic N) is 2. The van der Waals surface area contributed by atoms with Crippen LogP contribution in [0.2, 0.25) is 5.02 Å². The first-order valence-corrected chi connectivity index (χ1v) is 11.5. The van der Waals surface area contributed by atoms with Crippen LogP contribution in [0.4, 0.5) is 5.69 Å². The first kappa shape index (κ1) is 22.1. The highest BCUT2D eigenvalue weighted by atomic mass is 35.5. The number of hydrogen-bond donors (Lipinski definition) is 0. The second kappa shape index (κ2) is 8.92. The fourth-order valence-electron chi connectivity index (χ4n) is 4.70. The first-order valence-electron chi connectivity index (χ1n) is 11.2. The number of fused-ring (bicyclic) bond motifs is 2. The Morgan fingerprint density at radius 3 is 2.65 bits per heavy atom. The van der Waals surface area contributed by atoms with Crippen molar-refractivity contribution in [2.75, 3.05) is 11.5 Å². The van der Waals surface area contributed by atoms with E-state index in [0.717, 1.165) is 23.2 Å². The average Bonchev–Trinajstić information content (AvgIpc) is 3.17. The molecule has 0 fully saturated rings. The Bertz CT molecular complexity index is 1430. The Balaban J connectivity index is 1.46. The van der Waals surface area contributed by atoms with E-state index in [-0.39, 0.29) is 18.6 Å². The molecular weight excluding hydrogens is 448 g/mol. The predicted molar refractivity (Wildman–Crippen MR) is 134 cm³/mol. The number of benzene rings is 3. The van der Waals surface area contributed by atoms with Crippen LogP contribution in [0, 0.1) is 6.92 Å². The molecule has 2 heterocycles. The largest absolute Gasteiger partial charge is 0.452 e. The lowest BCUT2D eigenvalue weighted by Gasteiger charge is -2.22. The molecular formula is C28H23ClN2O3. The summed E-state index contributed by atoms with van der Waals surface area (Å²) in [6.07, 6.45) is 0.785. The number of rotatable bonds is 4. The smallest absolute Gasteiger partial charge is 0.339 e. The maximum atomic E-state index is 13.3. The minimum atomic E-state index is -0.548. The third-order valence-electron chi connectivity index (χ3n) is 6.24. The summed E-state index contributed by atoms with van der Waals surface area (Å²) < 4.78 is 5.59. The van der Waals surface area contributed by atoms with Crippen molar-refractivity contribution in [3.05, 3.63) is 94.5 Å². The fourth-order valence-corrected chi connectivity index (χ4v) is 4.89. The number of amides is 1. The van der Waals surface area contributed by atoms with Gasteiger partial charge in [-0.1, -0.05) is 60.1 Å². The molecule has 0 N–H and O–H groups in total. The molecule has 1 aromatic heterocycles. The van der Waals surface area contributed by atoms with Crippen LogP contribution in [0.3, 0.4) is 0 Å². The minimum absolute atomic E-state index is 0.0153. The Hall–Kier alpha value is -3.70. The number of ether oxygens (including phenoxy) is 1. The van der Waals surface area contributed by atoms with Crippen LogP contribution in [0.25, 0.3) is 22.2 Å². The predicted octanol–water partition coefficient (Wildman–Crippen LogP) is 6.00. The van der Waals surface area contributed by atoms with Gasteiger partial charge in [-0.2, -0.15) is 0 Å². The Morgan fingerprint density at radius 1 is 1.06 bits per heavy atom. The third-order valence-corrected chi connectivity index (χ3v) is 6.48. The number of aromatic nitrogens is 1. The number of halogens is 1. The molecule has 1 aliphatic heterocycles. The molecule has 1 aliphatic rings. The van der Waals surface area contributed by atoms with Crippen molar-refractivity contribution >= 4 is 40.1 Å². The maximum absolute atomic E-state index is 13.3. The summed E-state index contributed by atoms with van der Waals surface area (Å²) in [5.74, 6) is -0.787. The number of para-hydroxylation sites is 2. The summed E-state index contributed by atoms with van der Waals surface area (Å²) in [4.78, 5) is 32.9. The monoisotopic (exact) mass is 470 g/mol. The Kier molecular flexibility index (Phi) is 5.80. The summed E-state index contributed by atoms with van der Waals surface area (Å²) in [5, 5.41) is 1.27. The van der Waals surface area contributed by atoms with Crippen molar-refractivity contribution in [1.82, 2.24) is 4.98 Å². The summed E-state index contributed by atoms with van der Waals surface area (Å²) in [6.45, 7) is 3.50. The summed E-state index contributed by atoms with van der Waals surface area (Å²) in [6, 6.07) is 22.6. The molecule has 34 heavy (non-hydrogen) atoms. The number of esters is 1. The minimum Gasteiger partial charge on any atom is -0.452 e. The Morgan fingerprint density at radius 2 is 1.82 bits per heavy atom. The van der Waals surface area contributed by atoms with Gasteiger partial charge in [0.15, 0.2) is 6.61 Å². The van der Waals surface area contributed by atoms with Gasteiger partial charge < -0.3 is 9.64 Å². The van der Waals surface area contributed by atoms with Crippen LogP contribution in [0.1, 0.15) is 28.4 Å². The number of carbonyl (C=O) groups is 2. The summed E-state index contributed by atoms with van der Waals surface area (Å²) in [5.41, 5.74) is 5.22. The van der Waals surface area contributed by atoms with Gasteiger partial charge in [-0.05, 0) is 55.7 Å². The second-order valence-corrected chi connectivity index (χ2v) is 8.95. The van der Waals surface area contributed by atoms with E-state index in [0.29, 0.717) is 32.7 Å². The highest BCUT2D eigenvalue weighted by molar-refractivity contribution is 6.30. The first-order chi connectivity index (χ1) is 16.4. The van der Waals surface area contributed by atoms with Crippen molar-refractivity contribution in [3.63, 3.8) is 0 Å². The van der Waals surface area contributed by atoms with Crippen LogP contribution < -0.4 is 4.90 Å². The highest BCUT2D eigenvalue weighted by Crippen LogP contribution is 2.33. The van der Waals surface area contributed by atoms with E-state index >= 15 is 0 Å². The number of hydrogen-bond acceptors (Lipinski definition) is 4. The molecule has 4 aromatic rings. The normalized spacial score (nSPS) is 14.8. The van der Waals surface area contributed by atoms with Gasteiger partial charge >= 0.3 is 5.97 Å². The van der Waals surface area contributed by atoms with E-state index in [1.165, 1.54) is 0 Å². The van der Waals surface area contributed by atoms with Crippen LogP contribution in [0.5, 0.6) is 0 Å². The molecule has 0 saturated carbocycles. The SMILES string of the molecule is Cc1c(-c2cccc(Cl)c2)nc2ccccc2c1C(=O)OCC(=O)N1c2ccccc2C[C@H]1C. The molecule has 0 bridgehead atoms. The van der Waals surface area contributed by atoms with Crippen LogP contribution >= 0.6 is 11.6 Å². The summed E-state index contributed by atoms with van der Waals surface area (Å²) in [7, 11) is 0. The zero-order chi connectivity index (χ0) is 23.8. The number of carbonyl (C=O) groups excluding carboxylic acids is 2. The lowest BCUT2D eigenvalue weighted by Crippen LogP contribution is -2.38. The molecule has 0 saturated heterocycles. The van der Waals surface area contributed by atoms with Gasteiger partial charge in [0.05, 0.1) is 16.8 Å². The van der Waals surface area contributed by atoms with Gasteiger partial charge in [-0.15, -0.1) is 0 Å². The Labute approximate surface area is 202 Å². The van der Waals surface area contributed by atoms with Crippen LogP contribution in [-0.2, 0) is 16.0 Å². The van der Waals surface area contributed by atoms with E-state index in [4.69, 9.17) is 21.3 Å². The molecule has 0 radical (unpaired) electrons. The molecule has 6 heteroatoms. The van der Waals surface area contributed by atoms with E-state index in [1.807, 2.05) is 80.6 Å². The van der Waals surface area contributed by atoms with Gasteiger partial charge in [-0.3, -0.25) is 4.79 Å². The molecule has 1 amide bonds. The lowest BCUT2D eigenvalue weighted by molar-refractivity contribution is -0.122. The maximum Gasteiger partial charge on any atom is 0.339 e. The zero-order valence-electron chi connectivity index (χ0n) is 18.9. The van der Waals surface area contributed by atoms with E-state index in [1.54, 1.807) is 11.0 Å². The van der Waals surface area contributed by atoms with E-state index in [2.05, 4.69) is 0 Å². The van der Waals surface area contributed by atoms with Gasteiger partial charge in [0.1, 0.15) is 0 Å². The number of pyridine rings is 1.